The van der Waals surface area contributed by atoms with E-state index in [0.29, 0.717) is 0 Å². The third kappa shape index (κ3) is 4.73. The minimum Gasteiger partial charge on any atom is -0.346 e. The Morgan fingerprint density at radius 1 is 1.17 bits per heavy atom. The van der Waals surface area contributed by atoms with Gasteiger partial charge in [0.15, 0.2) is 0 Å². The number of nitrogens with one attached hydrogen (secondary N) is 1. The molecule has 1 fully saturated rings. The molecule has 2 aromatic heterocycles. The Kier molecular flexibility index (Phi) is 6.05. The molecule has 29 heavy (non-hydrogen) atoms. The van der Waals surface area contributed by atoms with Crippen LogP contribution in [0.4, 0.5) is 4.39 Å². The summed E-state index contributed by atoms with van der Waals surface area (Å²) in [5, 5.41) is 3.40. The monoisotopic (exact) mass is 430 g/mol. The largest absolute Gasteiger partial charge is 0.346 e. The molecule has 1 aliphatic heterocycles. The van der Waals surface area contributed by atoms with E-state index < -0.39 is 0 Å². The number of fused-ring (bicyclic) bond motifs is 1. The molecule has 1 aliphatic rings. The van der Waals surface area contributed by atoms with Gasteiger partial charge in [0.25, 0.3) is 0 Å². The smallest absolute Gasteiger partial charge is 0.241 e. The number of carbonyl (C=O) groups excluding carboxylic acids is 2. The molecular formula is C20H19FN4O2S2. The molecular weight excluding hydrogens is 411 g/mol. The maximum absolute atomic E-state index is 13.2. The van der Waals surface area contributed by atoms with Gasteiger partial charge in [0, 0.05) is 18.0 Å². The lowest BCUT2D eigenvalue weighted by Crippen LogP contribution is -2.39. The zero-order chi connectivity index (χ0) is 20.2. The van der Waals surface area contributed by atoms with Crippen LogP contribution >= 0.6 is 23.1 Å². The fourth-order valence-corrected chi connectivity index (χ4v) is 5.16. The van der Waals surface area contributed by atoms with E-state index in [0.717, 1.165) is 51.6 Å². The second-order valence-electron chi connectivity index (χ2n) is 6.66. The third-order valence-electron chi connectivity index (χ3n) is 4.64. The highest BCUT2D eigenvalue weighted by atomic mass is 32.2. The van der Waals surface area contributed by atoms with Gasteiger partial charge in [0.1, 0.15) is 17.2 Å². The fraction of sp³-hybridized carbons (Fsp3) is 0.300. The zero-order valence-electron chi connectivity index (χ0n) is 15.6. The predicted octanol–water partition coefficient (Wildman–Crippen LogP) is 3.33. The summed E-state index contributed by atoms with van der Waals surface area (Å²) in [6, 6.07) is 8.24. The second kappa shape index (κ2) is 8.87. The summed E-state index contributed by atoms with van der Waals surface area (Å²) in [5.41, 5.74) is 1.69. The molecule has 0 saturated carbocycles. The SMILES string of the molecule is O=C(CSc1ncnc2cc(-c3ccc(F)cc3)sc12)NCC(=O)N1CCCC1. The van der Waals surface area contributed by atoms with Crippen LogP contribution in [0.1, 0.15) is 12.8 Å². The number of thiophene rings is 1. The van der Waals surface area contributed by atoms with Crippen molar-refractivity contribution in [2.75, 3.05) is 25.4 Å². The van der Waals surface area contributed by atoms with Gasteiger partial charge in [0.2, 0.25) is 11.8 Å². The van der Waals surface area contributed by atoms with Gasteiger partial charge in [-0.05, 0) is 36.6 Å². The molecule has 2 amide bonds. The first-order chi connectivity index (χ1) is 14.1. The summed E-state index contributed by atoms with van der Waals surface area (Å²) in [4.78, 5) is 35.5. The van der Waals surface area contributed by atoms with Gasteiger partial charge in [-0.2, -0.15) is 0 Å². The van der Waals surface area contributed by atoms with Gasteiger partial charge in [-0.3, -0.25) is 9.59 Å². The number of rotatable bonds is 6. The average molecular weight is 431 g/mol. The molecule has 0 spiro atoms. The van der Waals surface area contributed by atoms with Gasteiger partial charge in [-0.15, -0.1) is 11.3 Å². The minimum atomic E-state index is -0.278. The van der Waals surface area contributed by atoms with Crippen molar-refractivity contribution in [1.29, 1.82) is 0 Å². The van der Waals surface area contributed by atoms with Crippen molar-refractivity contribution in [3.8, 4) is 10.4 Å². The number of halogens is 1. The number of hydrogen-bond donors (Lipinski definition) is 1. The molecule has 6 nitrogen and oxygen atoms in total. The van der Waals surface area contributed by atoms with E-state index in [1.165, 1.54) is 41.6 Å². The molecule has 1 N–H and O–H groups in total. The van der Waals surface area contributed by atoms with E-state index in [1.807, 2.05) is 6.07 Å². The van der Waals surface area contributed by atoms with E-state index in [-0.39, 0.29) is 29.9 Å². The quantitative estimate of drug-likeness (QED) is 0.480. The lowest BCUT2D eigenvalue weighted by Gasteiger charge is -2.15. The van der Waals surface area contributed by atoms with Crippen molar-refractivity contribution in [1.82, 2.24) is 20.2 Å². The Hall–Kier alpha value is -2.52. The zero-order valence-corrected chi connectivity index (χ0v) is 17.2. The Morgan fingerprint density at radius 3 is 2.69 bits per heavy atom. The molecule has 0 aliphatic carbocycles. The summed E-state index contributed by atoms with van der Waals surface area (Å²) >= 11 is 2.82. The molecule has 0 unspecified atom stereocenters. The Balaban J connectivity index is 1.39. The first-order valence-electron chi connectivity index (χ1n) is 9.28. The number of likely N-dealkylation sites (tertiary alicyclic amines) is 1. The number of thioether (sulfide) groups is 1. The van der Waals surface area contributed by atoms with Crippen LogP contribution in [0.25, 0.3) is 20.7 Å². The number of aromatic nitrogens is 2. The van der Waals surface area contributed by atoms with E-state index in [2.05, 4.69) is 15.3 Å². The second-order valence-corrected chi connectivity index (χ2v) is 8.68. The van der Waals surface area contributed by atoms with Crippen molar-refractivity contribution in [2.24, 2.45) is 0 Å². The molecule has 1 aromatic carbocycles. The first-order valence-corrected chi connectivity index (χ1v) is 11.1. The topological polar surface area (TPSA) is 75.2 Å². The van der Waals surface area contributed by atoms with Crippen LogP contribution in [-0.2, 0) is 9.59 Å². The summed E-state index contributed by atoms with van der Waals surface area (Å²) in [7, 11) is 0. The summed E-state index contributed by atoms with van der Waals surface area (Å²) in [6.07, 6.45) is 3.53. The summed E-state index contributed by atoms with van der Waals surface area (Å²) < 4.78 is 14.1. The van der Waals surface area contributed by atoms with E-state index >= 15 is 0 Å². The Labute approximate surface area is 175 Å². The van der Waals surface area contributed by atoms with Crippen molar-refractivity contribution in [3.63, 3.8) is 0 Å². The molecule has 0 atom stereocenters. The van der Waals surface area contributed by atoms with Gasteiger partial charge < -0.3 is 10.2 Å². The number of nitrogens with zero attached hydrogens (tertiary/aromatic N) is 3. The van der Waals surface area contributed by atoms with Crippen molar-refractivity contribution < 1.29 is 14.0 Å². The van der Waals surface area contributed by atoms with Crippen LogP contribution < -0.4 is 5.32 Å². The lowest BCUT2D eigenvalue weighted by atomic mass is 10.2. The van der Waals surface area contributed by atoms with Crippen molar-refractivity contribution in [3.05, 3.63) is 42.5 Å². The van der Waals surface area contributed by atoms with Gasteiger partial charge in [0.05, 0.1) is 22.5 Å². The number of amides is 2. The fourth-order valence-electron chi connectivity index (χ4n) is 3.13. The highest BCUT2D eigenvalue weighted by Crippen LogP contribution is 2.36. The van der Waals surface area contributed by atoms with Crippen LogP contribution in [0, 0.1) is 5.82 Å². The highest BCUT2D eigenvalue weighted by molar-refractivity contribution is 8.00. The summed E-state index contributed by atoms with van der Waals surface area (Å²) in [6.45, 7) is 1.58. The number of carbonyl (C=O) groups is 2. The maximum atomic E-state index is 13.2. The molecule has 150 valence electrons. The standard InChI is InChI=1S/C20H19FN4O2S2/c21-14-5-3-13(4-6-14)16-9-15-19(29-16)20(24-12-23-15)28-11-17(26)22-10-18(27)25-7-1-2-8-25/h3-6,9,12H,1-2,7-8,10-11H2,(H,22,26). The highest BCUT2D eigenvalue weighted by Gasteiger charge is 2.18. The summed E-state index contributed by atoms with van der Waals surface area (Å²) in [5.74, 6) is -0.347. The van der Waals surface area contributed by atoms with Crippen molar-refractivity contribution >= 4 is 45.1 Å². The molecule has 3 heterocycles. The molecule has 1 saturated heterocycles. The minimum absolute atomic E-state index is 0.0340. The van der Waals surface area contributed by atoms with E-state index in [4.69, 9.17) is 0 Å². The normalized spacial score (nSPS) is 13.8. The average Bonchev–Trinajstić information content (AvgIpc) is 3.41. The molecule has 0 radical (unpaired) electrons. The van der Waals surface area contributed by atoms with Gasteiger partial charge in [-0.1, -0.05) is 23.9 Å². The van der Waals surface area contributed by atoms with E-state index in [1.54, 1.807) is 17.0 Å². The van der Waals surface area contributed by atoms with Crippen LogP contribution in [0.5, 0.6) is 0 Å². The van der Waals surface area contributed by atoms with Gasteiger partial charge >= 0.3 is 0 Å². The molecule has 4 rings (SSSR count). The van der Waals surface area contributed by atoms with Crippen LogP contribution in [0.3, 0.4) is 0 Å². The lowest BCUT2D eigenvalue weighted by molar-refractivity contribution is -0.131. The van der Waals surface area contributed by atoms with E-state index in [9.17, 15) is 14.0 Å². The number of benzene rings is 1. The number of hydrogen-bond acceptors (Lipinski definition) is 6. The Morgan fingerprint density at radius 2 is 1.93 bits per heavy atom. The third-order valence-corrected chi connectivity index (χ3v) is 6.94. The predicted molar refractivity (Wildman–Crippen MR) is 112 cm³/mol. The first kappa shape index (κ1) is 19.8. The molecule has 9 heteroatoms. The molecule has 0 bridgehead atoms. The Bertz CT molecular complexity index is 1030. The van der Waals surface area contributed by atoms with Crippen LogP contribution in [0.15, 0.2) is 41.7 Å². The van der Waals surface area contributed by atoms with Crippen molar-refractivity contribution in [2.45, 2.75) is 17.9 Å². The van der Waals surface area contributed by atoms with Crippen LogP contribution in [0.2, 0.25) is 0 Å². The van der Waals surface area contributed by atoms with Gasteiger partial charge in [-0.25, -0.2) is 14.4 Å². The molecule has 3 aromatic rings. The van der Waals surface area contributed by atoms with Crippen LogP contribution in [-0.4, -0.2) is 52.1 Å². The maximum Gasteiger partial charge on any atom is 0.241 e.